The number of nitrogens with zero attached hydrogens (tertiary/aromatic N) is 1. The van der Waals surface area contributed by atoms with Crippen LogP contribution in [0.25, 0.3) is 21.3 Å². The van der Waals surface area contributed by atoms with Gasteiger partial charge in [-0.25, -0.2) is 0 Å². The summed E-state index contributed by atoms with van der Waals surface area (Å²) < 4.78 is 5.66. The Balaban J connectivity index is 2.57. The lowest BCUT2D eigenvalue weighted by Gasteiger charge is -2.01. The second kappa shape index (κ2) is 2.54. The molecular weight excluding hydrogens is 178 g/mol. The van der Waals surface area contributed by atoms with Crippen molar-refractivity contribution in [1.82, 2.24) is 4.37 Å². The van der Waals surface area contributed by atoms with E-state index < -0.39 is 0 Å². The van der Waals surface area contributed by atoms with Crippen LogP contribution in [0.4, 0.5) is 0 Å². The lowest BCUT2D eigenvalue weighted by Crippen LogP contribution is -1.79. The highest BCUT2D eigenvalue weighted by atomic mass is 32.1. The Kier molecular flexibility index (Phi) is 1.37. The molecule has 0 unspecified atom stereocenters. The number of benzene rings is 1. The normalized spacial score (nSPS) is 11.1. The van der Waals surface area contributed by atoms with Crippen molar-refractivity contribution in [3.63, 3.8) is 0 Å². The van der Waals surface area contributed by atoms with E-state index in [9.17, 15) is 0 Å². The smallest absolute Gasteiger partial charge is 0.0838 e. The molecule has 62 valence electrons. The molecule has 13 heavy (non-hydrogen) atoms. The van der Waals surface area contributed by atoms with Gasteiger partial charge in [0.25, 0.3) is 0 Å². The highest BCUT2D eigenvalue weighted by molar-refractivity contribution is 7.13. The van der Waals surface area contributed by atoms with Gasteiger partial charge in [0.05, 0.1) is 10.4 Å². The van der Waals surface area contributed by atoms with Gasteiger partial charge in [-0.05, 0) is 23.7 Å². The third-order valence-electron chi connectivity index (χ3n) is 2.21. The molecule has 3 rings (SSSR count). The molecule has 0 saturated carbocycles. The first-order valence-corrected chi connectivity index (χ1v) is 4.96. The summed E-state index contributed by atoms with van der Waals surface area (Å²) in [6.45, 7) is 0. The van der Waals surface area contributed by atoms with E-state index in [-0.39, 0.29) is 0 Å². The number of fused-ring (bicyclic) bond motifs is 3. The van der Waals surface area contributed by atoms with Gasteiger partial charge in [0.15, 0.2) is 0 Å². The molecule has 1 heterocycles. The summed E-state index contributed by atoms with van der Waals surface area (Å²) in [6.07, 6.45) is 0. The van der Waals surface area contributed by atoms with Crippen molar-refractivity contribution in [2.24, 2.45) is 0 Å². The van der Waals surface area contributed by atoms with Gasteiger partial charge in [0, 0.05) is 10.9 Å². The second-order valence-corrected chi connectivity index (χ2v) is 3.81. The number of aromatic nitrogens is 1. The van der Waals surface area contributed by atoms with Gasteiger partial charge < -0.3 is 0 Å². The minimum absolute atomic E-state index is 1.10. The van der Waals surface area contributed by atoms with Gasteiger partial charge >= 0.3 is 0 Å². The van der Waals surface area contributed by atoms with Crippen molar-refractivity contribution in [3.8, 4) is 11.3 Å². The van der Waals surface area contributed by atoms with E-state index in [1.54, 1.807) is 11.5 Å². The Bertz CT molecular complexity index is 527. The van der Waals surface area contributed by atoms with E-state index in [1.165, 1.54) is 15.6 Å². The van der Waals surface area contributed by atoms with Crippen LogP contribution < -0.4 is 0 Å². The van der Waals surface area contributed by atoms with Crippen molar-refractivity contribution in [1.29, 1.82) is 0 Å². The lowest BCUT2D eigenvalue weighted by atomic mass is 10.1. The third kappa shape index (κ3) is 0.956. The van der Waals surface area contributed by atoms with Crippen LogP contribution in [0, 0.1) is 0 Å². The predicted octanol–water partition coefficient (Wildman–Crippen LogP) is 3.40. The summed E-state index contributed by atoms with van der Waals surface area (Å²) in [5.41, 5.74) is 2.36. The molecule has 0 radical (unpaired) electrons. The monoisotopic (exact) mass is 185 g/mol. The molecule has 2 heteroatoms. The molecule has 0 spiro atoms. The van der Waals surface area contributed by atoms with Crippen LogP contribution in [0.15, 0.2) is 42.5 Å². The van der Waals surface area contributed by atoms with Crippen molar-refractivity contribution in [2.45, 2.75) is 0 Å². The van der Waals surface area contributed by atoms with Crippen LogP contribution in [0.5, 0.6) is 0 Å². The summed E-state index contributed by atoms with van der Waals surface area (Å²) in [7, 11) is 0. The van der Waals surface area contributed by atoms with Gasteiger partial charge in [-0.2, -0.15) is 4.37 Å². The van der Waals surface area contributed by atoms with Crippen LogP contribution in [0.3, 0.4) is 0 Å². The first kappa shape index (κ1) is 7.04. The molecule has 1 aromatic carbocycles. The Labute approximate surface area is 80.2 Å². The average Bonchev–Trinajstić information content (AvgIpc) is 2.65. The summed E-state index contributed by atoms with van der Waals surface area (Å²) in [4.78, 5) is 0. The fraction of sp³-hybridized carbons (Fsp3) is 0. The Hall–Kier alpha value is -1.41. The van der Waals surface area contributed by atoms with Crippen LogP contribution in [-0.2, 0) is 0 Å². The van der Waals surface area contributed by atoms with Gasteiger partial charge in [0.1, 0.15) is 0 Å². The van der Waals surface area contributed by atoms with Crippen LogP contribution in [0.1, 0.15) is 0 Å². The van der Waals surface area contributed by atoms with E-state index in [0.29, 0.717) is 0 Å². The van der Waals surface area contributed by atoms with Crippen LogP contribution in [-0.4, -0.2) is 4.37 Å². The number of rotatable bonds is 0. The predicted molar refractivity (Wildman–Crippen MR) is 56.2 cm³/mol. The van der Waals surface area contributed by atoms with Gasteiger partial charge in [-0.3, -0.25) is 0 Å². The third-order valence-corrected chi connectivity index (χ3v) is 3.05. The zero-order chi connectivity index (χ0) is 8.67. The molecule has 0 atom stereocenters. The van der Waals surface area contributed by atoms with E-state index in [0.717, 1.165) is 5.69 Å². The summed E-state index contributed by atoms with van der Waals surface area (Å²) in [5, 5.41) is 1.31. The quantitative estimate of drug-likeness (QED) is 0.523. The molecule has 0 fully saturated rings. The van der Waals surface area contributed by atoms with Crippen molar-refractivity contribution in [3.05, 3.63) is 42.5 Å². The molecule has 1 aliphatic carbocycles. The SMILES string of the molecule is c1cc2nsc3ccccc3c-2c1. The maximum Gasteiger partial charge on any atom is 0.0838 e. The van der Waals surface area contributed by atoms with Crippen LogP contribution >= 0.6 is 11.5 Å². The maximum atomic E-state index is 4.41. The van der Waals surface area contributed by atoms with Gasteiger partial charge in [0.2, 0.25) is 0 Å². The van der Waals surface area contributed by atoms with E-state index in [4.69, 9.17) is 0 Å². The maximum absolute atomic E-state index is 4.41. The fourth-order valence-corrected chi connectivity index (χ4v) is 2.36. The van der Waals surface area contributed by atoms with Gasteiger partial charge in [-0.15, -0.1) is 0 Å². The van der Waals surface area contributed by atoms with Crippen molar-refractivity contribution in [2.75, 3.05) is 0 Å². The molecule has 0 amide bonds. The minimum Gasteiger partial charge on any atom is -0.192 e. The first-order chi connectivity index (χ1) is 6.45. The molecule has 1 aliphatic heterocycles. The molecule has 1 nitrogen and oxygen atoms in total. The Morgan fingerprint density at radius 2 is 1.85 bits per heavy atom. The highest BCUT2D eigenvalue weighted by Gasteiger charge is 2.07. The largest absolute Gasteiger partial charge is 0.192 e. The molecule has 0 saturated heterocycles. The Morgan fingerprint density at radius 1 is 0.923 bits per heavy atom. The Morgan fingerprint density at radius 3 is 2.85 bits per heavy atom. The van der Waals surface area contributed by atoms with Crippen molar-refractivity contribution < 1.29 is 0 Å². The fourth-order valence-electron chi connectivity index (χ4n) is 1.59. The van der Waals surface area contributed by atoms with Gasteiger partial charge in [-0.1, -0.05) is 30.3 Å². The topological polar surface area (TPSA) is 12.9 Å². The zero-order valence-corrected chi connectivity index (χ0v) is 7.71. The molecule has 1 aromatic rings. The average molecular weight is 185 g/mol. The first-order valence-electron chi connectivity index (χ1n) is 4.18. The summed E-state index contributed by atoms with van der Waals surface area (Å²) in [6, 6.07) is 14.6. The summed E-state index contributed by atoms with van der Waals surface area (Å²) in [5.74, 6) is 0. The van der Waals surface area contributed by atoms with E-state index in [1.807, 2.05) is 0 Å². The van der Waals surface area contributed by atoms with E-state index >= 15 is 0 Å². The molecular formula is C11H7NS. The standard InChI is InChI=1S/C11H7NS/c1-2-7-11-9(4-1)8-5-3-6-10(8)12-13-11/h1-7H. The van der Waals surface area contributed by atoms with Crippen molar-refractivity contribution >= 4 is 21.6 Å². The van der Waals surface area contributed by atoms with Crippen LogP contribution in [0.2, 0.25) is 0 Å². The lowest BCUT2D eigenvalue weighted by molar-refractivity contribution is 1.55. The molecule has 0 N–H and O–H groups in total. The number of hydrogen-bond acceptors (Lipinski definition) is 2. The molecule has 0 bridgehead atoms. The minimum atomic E-state index is 1.10. The number of hydrogen-bond donors (Lipinski definition) is 0. The second-order valence-electron chi connectivity index (χ2n) is 3.00. The van der Waals surface area contributed by atoms with E-state index in [2.05, 4.69) is 46.8 Å². The molecule has 2 aliphatic rings. The highest BCUT2D eigenvalue weighted by Crippen LogP contribution is 2.31. The molecule has 0 aromatic heterocycles. The zero-order valence-electron chi connectivity index (χ0n) is 6.90. The summed E-state index contributed by atoms with van der Waals surface area (Å²) >= 11 is 1.56.